The Balaban J connectivity index is 1.83. The molecule has 4 heteroatoms. The smallest absolute Gasteiger partial charge is 0.230 e. The van der Waals surface area contributed by atoms with Crippen LogP contribution in [0.1, 0.15) is 32.8 Å². The number of benzene rings is 1. The number of hydrogen-bond donors (Lipinski definition) is 1. The number of amides is 1. The highest BCUT2D eigenvalue weighted by atomic mass is 16.2. The zero-order valence-electron chi connectivity index (χ0n) is 14.6. The largest absolute Gasteiger partial charge is 0.326 e. The van der Waals surface area contributed by atoms with Crippen molar-refractivity contribution >= 4 is 17.2 Å². The molecule has 0 bridgehead atoms. The standard InChI is InChI=1S/C20H23N3O/c1-5-20(3,4)19(24)21-16-10-8-15(9-11-16)17-13-23-12-6-7-14(2)18(23)22-17/h6-13H,5H2,1-4H3,(H,21,24). The van der Waals surface area contributed by atoms with Crippen LogP contribution in [-0.4, -0.2) is 15.3 Å². The normalized spacial score (nSPS) is 11.7. The highest BCUT2D eigenvalue weighted by Crippen LogP contribution is 2.25. The van der Waals surface area contributed by atoms with Gasteiger partial charge in [-0.15, -0.1) is 0 Å². The number of anilines is 1. The van der Waals surface area contributed by atoms with Gasteiger partial charge < -0.3 is 9.72 Å². The van der Waals surface area contributed by atoms with E-state index in [2.05, 4.69) is 18.3 Å². The molecule has 0 saturated heterocycles. The van der Waals surface area contributed by atoms with E-state index in [1.807, 2.05) is 67.9 Å². The maximum Gasteiger partial charge on any atom is 0.230 e. The van der Waals surface area contributed by atoms with Crippen molar-refractivity contribution in [2.75, 3.05) is 5.32 Å². The van der Waals surface area contributed by atoms with Gasteiger partial charge in [0.25, 0.3) is 0 Å². The highest BCUT2D eigenvalue weighted by Gasteiger charge is 2.25. The minimum atomic E-state index is -0.363. The van der Waals surface area contributed by atoms with Gasteiger partial charge in [0.05, 0.1) is 5.69 Å². The van der Waals surface area contributed by atoms with E-state index in [9.17, 15) is 4.79 Å². The van der Waals surface area contributed by atoms with Gasteiger partial charge in [0.1, 0.15) is 5.65 Å². The lowest BCUT2D eigenvalue weighted by Crippen LogP contribution is -2.29. The summed E-state index contributed by atoms with van der Waals surface area (Å²) in [6.45, 7) is 7.99. The molecule has 0 spiro atoms. The molecule has 1 amide bonds. The van der Waals surface area contributed by atoms with Gasteiger partial charge >= 0.3 is 0 Å². The van der Waals surface area contributed by atoms with E-state index in [0.717, 1.165) is 34.6 Å². The predicted octanol–water partition coefficient (Wildman–Crippen LogP) is 4.68. The van der Waals surface area contributed by atoms with Gasteiger partial charge in [0.15, 0.2) is 0 Å². The van der Waals surface area contributed by atoms with Crippen LogP contribution in [0, 0.1) is 12.3 Å². The maximum atomic E-state index is 12.2. The zero-order chi connectivity index (χ0) is 17.3. The Kier molecular flexibility index (Phi) is 4.14. The van der Waals surface area contributed by atoms with E-state index < -0.39 is 0 Å². The summed E-state index contributed by atoms with van der Waals surface area (Å²) in [7, 11) is 0. The lowest BCUT2D eigenvalue weighted by molar-refractivity contribution is -0.124. The van der Waals surface area contributed by atoms with Crippen LogP contribution < -0.4 is 5.32 Å². The molecule has 0 radical (unpaired) electrons. The Morgan fingerprint density at radius 1 is 1.21 bits per heavy atom. The van der Waals surface area contributed by atoms with Gasteiger partial charge in [0, 0.05) is 29.1 Å². The third-order valence-corrected chi connectivity index (χ3v) is 4.61. The molecule has 0 atom stereocenters. The molecule has 0 aliphatic carbocycles. The zero-order valence-corrected chi connectivity index (χ0v) is 14.6. The number of nitrogens with one attached hydrogen (secondary N) is 1. The molecule has 0 fully saturated rings. The maximum absolute atomic E-state index is 12.2. The summed E-state index contributed by atoms with van der Waals surface area (Å²) in [4.78, 5) is 16.9. The van der Waals surface area contributed by atoms with Crippen molar-refractivity contribution in [3.63, 3.8) is 0 Å². The summed E-state index contributed by atoms with van der Waals surface area (Å²) in [6.07, 6.45) is 4.83. The van der Waals surface area contributed by atoms with E-state index in [1.165, 1.54) is 0 Å². The second kappa shape index (κ2) is 6.11. The third-order valence-electron chi connectivity index (χ3n) is 4.61. The minimum absolute atomic E-state index is 0.0427. The van der Waals surface area contributed by atoms with Gasteiger partial charge in [-0.05, 0) is 37.1 Å². The molecule has 0 unspecified atom stereocenters. The highest BCUT2D eigenvalue weighted by molar-refractivity contribution is 5.94. The molecule has 0 aliphatic heterocycles. The van der Waals surface area contributed by atoms with E-state index in [4.69, 9.17) is 4.98 Å². The van der Waals surface area contributed by atoms with Crippen molar-refractivity contribution < 1.29 is 4.79 Å². The van der Waals surface area contributed by atoms with Crippen molar-refractivity contribution in [3.05, 3.63) is 54.4 Å². The molecule has 4 nitrogen and oxygen atoms in total. The molecular formula is C20H23N3O. The third kappa shape index (κ3) is 3.04. The van der Waals surface area contributed by atoms with Crippen LogP contribution in [0.15, 0.2) is 48.8 Å². The molecule has 0 aliphatic rings. The molecule has 2 aromatic heterocycles. The first-order valence-corrected chi connectivity index (χ1v) is 8.27. The number of pyridine rings is 1. The molecular weight excluding hydrogens is 298 g/mol. The SMILES string of the molecule is CCC(C)(C)C(=O)Nc1ccc(-c2cn3cccc(C)c3n2)cc1. The topological polar surface area (TPSA) is 46.4 Å². The van der Waals surface area contributed by atoms with Crippen molar-refractivity contribution in [2.45, 2.75) is 34.1 Å². The average Bonchev–Trinajstić information content (AvgIpc) is 3.01. The van der Waals surface area contributed by atoms with Gasteiger partial charge in [-0.25, -0.2) is 4.98 Å². The van der Waals surface area contributed by atoms with Gasteiger partial charge in [-0.2, -0.15) is 0 Å². The fraction of sp³-hybridized carbons (Fsp3) is 0.300. The number of aromatic nitrogens is 2. The Morgan fingerprint density at radius 3 is 2.54 bits per heavy atom. The average molecular weight is 321 g/mol. The van der Waals surface area contributed by atoms with Crippen LogP contribution >= 0.6 is 0 Å². The van der Waals surface area contributed by atoms with Crippen LogP contribution in [0.3, 0.4) is 0 Å². The Morgan fingerprint density at radius 2 is 1.92 bits per heavy atom. The molecule has 24 heavy (non-hydrogen) atoms. The molecule has 1 N–H and O–H groups in total. The molecule has 3 aromatic rings. The lowest BCUT2D eigenvalue weighted by Gasteiger charge is -2.21. The summed E-state index contributed by atoms with van der Waals surface area (Å²) in [6, 6.07) is 11.9. The second-order valence-electron chi connectivity index (χ2n) is 6.82. The number of carbonyl (C=O) groups is 1. The Bertz CT molecular complexity index is 876. The van der Waals surface area contributed by atoms with Crippen molar-refractivity contribution in [2.24, 2.45) is 5.41 Å². The van der Waals surface area contributed by atoms with E-state index in [1.54, 1.807) is 0 Å². The number of hydrogen-bond acceptors (Lipinski definition) is 2. The minimum Gasteiger partial charge on any atom is -0.326 e. The first-order chi connectivity index (χ1) is 11.4. The van der Waals surface area contributed by atoms with Gasteiger partial charge in [-0.3, -0.25) is 4.79 Å². The molecule has 2 heterocycles. The number of aryl methyl sites for hydroxylation is 1. The number of imidazole rings is 1. The van der Waals surface area contributed by atoms with Crippen molar-refractivity contribution in [3.8, 4) is 11.3 Å². The predicted molar refractivity (Wildman–Crippen MR) is 98.1 cm³/mol. The van der Waals surface area contributed by atoms with Gasteiger partial charge in [0.2, 0.25) is 5.91 Å². The summed E-state index contributed by atoms with van der Waals surface area (Å²) in [5.41, 5.74) is 4.52. The van der Waals surface area contributed by atoms with Gasteiger partial charge in [-0.1, -0.05) is 39.0 Å². The first-order valence-electron chi connectivity index (χ1n) is 8.27. The summed E-state index contributed by atoms with van der Waals surface area (Å²) >= 11 is 0. The molecule has 0 saturated carbocycles. The fourth-order valence-corrected chi connectivity index (χ4v) is 2.48. The van der Waals surface area contributed by atoms with E-state index in [-0.39, 0.29) is 11.3 Å². The van der Waals surface area contributed by atoms with Crippen LogP contribution in [0.4, 0.5) is 5.69 Å². The summed E-state index contributed by atoms with van der Waals surface area (Å²) in [5, 5.41) is 2.98. The van der Waals surface area contributed by atoms with Crippen molar-refractivity contribution in [1.29, 1.82) is 0 Å². The van der Waals surface area contributed by atoms with Crippen LogP contribution in [-0.2, 0) is 4.79 Å². The number of nitrogens with zero attached hydrogens (tertiary/aromatic N) is 2. The lowest BCUT2D eigenvalue weighted by atomic mass is 9.89. The molecule has 3 rings (SSSR count). The Labute approximate surface area is 142 Å². The first kappa shape index (κ1) is 16.2. The number of rotatable bonds is 4. The second-order valence-corrected chi connectivity index (χ2v) is 6.82. The summed E-state index contributed by atoms with van der Waals surface area (Å²) in [5.74, 6) is 0.0427. The monoisotopic (exact) mass is 321 g/mol. The van der Waals surface area contributed by atoms with E-state index >= 15 is 0 Å². The van der Waals surface area contributed by atoms with Crippen LogP contribution in [0.5, 0.6) is 0 Å². The fourth-order valence-electron chi connectivity index (χ4n) is 2.48. The van der Waals surface area contributed by atoms with E-state index in [0.29, 0.717) is 0 Å². The van der Waals surface area contributed by atoms with Crippen molar-refractivity contribution in [1.82, 2.24) is 9.38 Å². The summed E-state index contributed by atoms with van der Waals surface area (Å²) < 4.78 is 2.03. The molecule has 124 valence electrons. The quantitative estimate of drug-likeness (QED) is 0.758. The molecule has 1 aromatic carbocycles. The van der Waals surface area contributed by atoms with Crippen LogP contribution in [0.25, 0.3) is 16.9 Å². The van der Waals surface area contributed by atoms with Crippen LogP contribution in [0.2, 0.25) is 0 Å². The number of fused-ring (bicyclic) bond motifs is 1. The number of carbonyl (C=O) groups excluding carboxylic acids is 1. The Hall–Kier alpha value is -2.62.